The van der Waals surface area contributed by atoms with Gasteiger partial charge in [0.05, 0.1) is 39.8 Å². The summed E-state index contributed by atoms with van der Waals surface area (Å²) in [6, 6.07) is 8.30. The van der Waals surface area contributed by atoms with E-state index in [4.69, 9.17) is 18.9 Å². The Kier molecular flexibility index (Phi) is 9.51. The van der Waals surface area contributed by atoms with E-state index in [-0.39, 0.29) is 12.4 Å². The highest BCUT2D eigenvalue weighted by Gasteiger charge is 2.24. The molecule has 9 nitrogen and oxygen atoms in total. The van der Waals surface area contributed by atoms with Crippen molar-refractivity contribution in [3.05, 3.63) is 35.7 Å². The summed E-state index contributed by atoms with van der Waals surface area (Å²) in [6.45, 7) is 1.52. The largest absolute Gasteiger partial charge is 1.00 e. The number of aliphatic hydroxyl groups excluding tert-OH is 1. The van der Waals surface area contributed by atoms with Crippen LogP contribution in [0.25, 0.3) is 22.4 Å². The highest BCUT2D eigenvalue weighted by Crippen LogP contribution is 2.44. The first-order chi connectivity index (χ1) is 15.8. The van der Waals surface area contributed by atoms with Crippen LogP contribution in [-0.4, -0.2) is 56.0 Å². The van der Waals surface area contributed by atoms with Gasteiger partial charge in [0.15, 0.2) is 17.5 Å². The number of aliphatic hydroxyl groups is 1. The van der Waals surface area contributed by atoms with Crippen LogP contribution in [0, 0.1) is 0 Å². The number of quaternary nitrogens is 1. The number of anilines is 1. The number of carbonyl (C=O) groups is 1. The third-order valence-corrected chi connectivity index (χ3v) is 5.82. The number of rotatable bonds is 9. The Labute approximate surface area is 208 Å². The van der Waals surface area contributed by atoms with E-state index >= 15 is 0 Å². The SMILES string of the molecule is COc1ccc(-c2csnc2-c2cc(OC)c(OC)c(OC)c2)cc1NC(=O)[C@H]([NH3+])C(C)O.[Cl-]. The zero-order valence-corrected chi connectivity index (χ0v) is 21.1. The van der Waals surface area contributed by atoms with Crippen LogP contribution in [0.3, 0.4) is 0 Å². The number of nitrogens with zero attached hydrogens (tertiary/aromatic N) is 1. The summed E-state index contributed by atoms with van der Waals surface area (Å²) in [5.74, 6) is 1.62. The van der Waals surface area contributed by atoms with E-state index in [1.807, 2.05) is 23.6 Å². The van der Waals surface area contributed by atoms with E-state index in [9.17, 15) is 9.90 Å². The van der Waals surface area contributed by atoms with E-state index < -0.39 is 18.1 Å². The molecule has 3 rings (SSSR count). The van der Waals surface area contributed by atoms with Crippen molar-refractivity contribution in [3.63, 3.8) is 0 Å². The molecule has 184 valence electrons. The molecule has 0 saturated carbocycles. The van der Waals surface area contributed by atoms with E-state index in [0.717, 1.165) is 22.4 Å². The third-order valence-electron chi connectivity index (χ3n) is 5.20. The molecule has 1 amide bonds. The van der Waals surface area contributed by atoms with E-state index in [0.29, 0.717) is 28.7 Å². The minimum atomic E-state index is -0.883. The first-order valence-electron chi connectivity index (χ1n) is 10.1. The standard InChI is InChI=1S/C23H27N3O6S.ClH/c1-12(27)20(24)23(28)25-16-8-13(6-7-17(16)29-2)15-11-33-26-21(15)14-9-18(30-3)22(32-5)19(10-14)31-4;/h6-12,20,27H,24H2,1-5H3,(H,25,28);1H/t12?,20-;/m1./s1. The van der Waals surface area contributed by atoms with Gasteiger partial charge in [0.25, 0.3) is 5.91 Å². The molecule has 0 aliphatic heterocycles. The van der Waals surface area contributed by atoms with Crippen LogP contribution in [0.1, 0.15) is 6.92 Å². The van der Waals surface area contributed by atoms with Crippen molar-refractivity contribution in [2.75, 3.05) is 33.8 Å². The molecule has 3 aromatic rings. The number of nitrogens with one attached hydrogen (secondary N) is 1. The molecule has 0 fully saturated rings. The van der Waals surface area contributed by atoms with Crippen LogP contribution in [-0.2, 0) is 4.79 Å². The smallest absolute Gasteiger partial charge is 0.285 e. The van der Waals surface area contributed by atoms with Crippen molar-refractivity contribution >= 4 is 23.1 Å². The minimum Gasteiger partial charge on any atom is -1.00 e. The monoisotopic (exact) mass is 509 g/mol. The lowest BCUT2D eigenvalue weighted by Gasteiger charge is -2.16. The average molecular weight is 510 g/mol. The van der Waals surface area contributed by atoms with Crippen LogP contribution in [0.2, 0.25) is 0 Å². The van der Waals surface area contributed by atoms with Crippen molar-refractivity contribution in [1.82, 2.24) is 4.37 Å². The summed E-state index contributed by atoms with van der Waals surface area (Å²) in [6.07, 6.45) is -0.883. The first-order valence-corrected chi connectivity index (χ1v) is 10.9. The van der Waals surface area contributed by atoms with Gasteiger partial charge in [0.2, 0.25) is 5.75 Å². The number of hydrogen-bond donors (Lipinski definition) is 3. The van der Waals surface area contributed by atoms with Gasteiger partial charge in [-0.15, -0.1) is 0 Å². The molecule has 11 heteroatoms. The second-order valence-electron chi connectivity index (χ2n) is 7.24. The molecular weight excluding hydrogens is 482 g/mol. The van der Waals surface area contributed by atoms with Gasteiger partial charge in [-0.05, 0) is 48.3 Å². The fourth-order valence-electron chi connectivity index (χ4n) is 3.29. The third kappa shape index (κ3) is 5.53. The molecule has 0 radical (unpaired) electrons. The summed E-state index contributed by atoms with van der Waals surface area (Å²) >= 11 is 1.31. The van der Waals surface area contributed by atoms with Crippen molar-refractivity contribution < 1.29 is 47.0 Å². The Morgan fingerprint density at radius 3 is 2.15 bits per heavy atom. The zero-order chi connectivity index (χ0) is 24.1. The molecule has 1 aromatic heterocycles. The lowest BCUT2D eigenvalue weighted by atomic mass is 10.0. The van der Waals surface area contributed by atoms with Gasteiger partial charge >= 0.3 is 0 Å². The van der Waals surface area contributed by atoms with Crippen molar-refractivity contribution in [2.24, 2.45) is 0 Å². The number of methoxy groups -OCH3 is 4. The summed E-state index contributed by atoms with van der Waals surface area (Å²) in [5, 5.41) is 14.4. The van der Waals surface area contributed by atoms with Crippen LogP contribution in [0.4, 0.5) is 5.69 Å². The highest BCUT2D eigenvalue weighted by atomic mass is 35.5. The predicted octanol–water partition coefficient (Wildman–Crippen LogP) is -0.555. The molecule has 0 aliphatic rings. The number of ether oxygens (including phenoxy) is 4. The molecule has 2 atom stereocenters. The number of aromatic nitrogens is 1. The topological polar surface area (TPSA) is 127 Å². The lowest BCUT2D eigenvalue weighted by Crippen LogP contribution is -3.00. The summed E-state index contributed by atoms with van der Waals surface area (Å²) in [7, 11) is 6.19. The summed E-state index contributed by atoms with van der Waals surface area (Å²) in [5.41, 5.74) is 7.37. The minimum absolute atomic E-state index is 0. The fourth-order valence-corrected chi connectivity index (χ4v) is 4.00. The molecule has 0 aliphatic carbocycles. The number of carbonyl (C=O) groups excluding carboxylic acids is 1. The Morgan fingerprint density at radius 2 is 1.62 bits per heavy atom. The predicted molar refractivity (Wildman–Crippen MR) is 126 cm³/mol. The van der Waals surface area contributed by atoms with Gasteiger partial charge in [0.1, 0.15) is 11.9 Å². The Balaban J connectivity index is 0.00000408. The molecule has 0 bridgehead atoms. The maximum absolute atomic E-state index is 12.5. The number of hydrogen-bond acceptors (Lipinski definition) is 8. The van der Waals surface area contributed by atoms with Gasteiger partial charge in [-0.3, -0.25) is 4.79 Å². The number of halogens is 1. The maximum atomic E-state index is 12.5. The molecule has 34 heavy (non-hydrogen) atoms. The van der Waals surface area contributed by atoms with E-state index in [1.165, 1.54) is 25.6 Å². The molecule has 0 spiro atoms. The van der Waals surface area contributed by atoms with Gasteiger partial charge in [-0.25, -0.2) is 0 Å². The molecule has 5 N–H and O–H groups in total. The van der Waals surface area contributed by atoms with Crippen LogP contribution < -0.4 is 42.4 Å². The number of benzene rings is 2. The second kappa shape index (κ2) is 11.9. The van der Waals surface area contributed by atoms with E-state index in [1.54, 1.807) is 33.5 Å². The van der Waals surface area contributed by atoms with Crippen molar-refractivity contribution in [2.45, 2.75) is 19.1 Å². The van der Waals surface area contributed by atoms with E-state index in [2.05, 4.69) is 15.4 Å². The Bertz CT molecular complexity index is 1110. The van der Waals surface area contributed by atoms with Crippen molar-refractivity contribution in [3.8, 4) is 45.4 Å². The highest BCUT2D eigenvalue weighted by molar-refractivity contribution is 7.04. The molecule has 0 saturated heterocycles. The van der Waals surface area contributed by atoms with Crippen LogP contribution >= 0.6 is 11.5 Å². The van der Waals surface area contributed by atoms with Gasteiger partial charge in [-0.2, -0.15) is 4.37 Å². The van der Waals surface area contributed by atoms with Crippen LogP contribution in [0.5, 0.6) is 23.0 Å². The Morgan fingerprint density at radius 1 is 1.00 bits per heavy atom. The van der Waals surface area contributed by atoms with Gasteiger partial charge < -0.3 is 47.5 Å². The maximum Gasteiger partial charge on any atom is 0.285 e. The molecular formula is C23H28ClN3O6S. The quantitative estimate of drug-likeness (QED) is 0.353. The fraction of sp³-hybridized carbons (Fsp3) is 0.304. The molecule has 1 heterocycles. The van der Waals surface area contributed by atoms with Gasteiger partial charge in [0, 0.05) is 16.5 Å². The zero-order valence-electron chi connectivity index (χ0n) is 19.5. The molecule has 1 unspecified atom stereocenters. The van der Waals surface area contributed by atoms with Crippen LogP contribution in [0.15, 0.2) is 35.7 Å². The lowest BCUT2D eigenvalue weighted by molar-refractivity contribution is -0.418. The summed E-state index contributed by atoms with van der Waals surface area (Å²) < 4.78 is 26.4. The first kappa shape index (κ1) is 27.2. The normalized spacial score (nSPS) is 12.2. The van der Waals surface area contributed by atoms with Gasteiger partial charge in [-0.1, -0.05) is 6.07 Å². The number of amides is 1. The average Bonchev–Trinajstić information content (AvgIpc) is 3.32. The second-order valence-corrected chi connectivity index (χ2v) is 7.87. The summed E-state index contributed by atoms with van der Waals surface area (Å²) in [4.78, 5) is 12.5. The molecule has 2 aromatic carbocycles. The van der Waals surface area contributed by atoms with Crippen molar-refractivity contribution in [1.29, 1.82) is 0 Å². The Hall–Kier alpha value is -3.05.